The molecule has 0 N–H and O–H groups in total. The predicted octanol–water partition coefficient (Wildman–Crippen LogP) is 5.93. The van der Waals surface area contributed by atoms with Gasteiger partial charge in [-0.2, -0.15) is 0 Å². The highest BCUT2D eigenvalue weighted by Crippen LogP contribution is 2.41. The molecule has 0 aliphatic heterocycles. The Hall–Kier alpha value is -0.990. The predicted molar refractivity (Wildman–Crippen MR) is 89.1 cm³/mol. The van der Waals surface area contributed by atoms with Gasteiger partial charge in [-0.05, 0) is 43.9 Å². The van der Waals surface area contributed by atoms with E-state index in [4.69, 9.17) is 16.0 Å². The van der Waals surface area contributed by atoms with Gasteiger partial charge in [0.15, 0.2) is 5.76 Å². The van der Waals surface area contributed by atoms with Crippen molar-refractivity contribution >= 4 is 24.0 Å². The second-order valence-electron chi connectivity index (χ2n) is 5.64. The molecule has 114 valence electrons. The lowest BCUT2D eigenvalue weighted by molar-refractivity contribution is 0.346. The molecule has 2 aromatic rings. The maximum atomic E-state index is 6.71. The van der Waals surface area contributed by atoms with E-state index in [-0.39, 0.29) is 17.8 Å². The molecular weight excluding hydrogens is 305 g/mol. The largest absolute Gasteiger partial charge is 0.459 e. The van der Waals surface area contributed by atoms with Crippen LogP contribution in [0.2, 0.25) is 0 Å². The highest BCUT2D eigenvalue weighted by Gasteiger charge is 2.26. The summed E-state index contributed by atoms with van der Waals surface area (Å²) in [6.45, 7) is 2.00. The standard InChI is InChI=1S/C17H20ClNO.ClH/c1-12-14(17(18)13-7-3-2-4-8-13)11-16(20-12)15-9-5-6-10-19-15;/h5-6,9-11,13,17H,2-4,7-8H2,1H3;1H. The summed E-state index contributed by atoms with van der Waals surface area (Å²) in [6, 6.07) is 7.92. The summed E-state index contributed by atoms with van der Waals surface area (Å²) in [7, 11) is 0. The summed E-state index contributed by atoms with van der Waals surface area (Å²) in [5.41, 5.74) is 2.01. The van der Waals surface area contributed by atoms with E-state index in [2.05, 4.69) is 11.1 Å². The third kappa shape index (κ3) is 3.61. The van der Waals surface area contributed by atoms with Gasteiger partial charge in [-0.1, -0.05) is 25.3 Å². The number of halogens is 2. The maximum absolute atomic E-state index is 6.71. The first-order valence-corrected chi connectivity index (χ1v) is 7.85. The summed E-state index contributed by atoms with van der Waals surface area (Å²) < 4.78 is 5.87. The molecule has 0 bridgehead atoms. The van der Waals surface area contributed by atoms with Crippen LogP contribution in [0.5, 0.6) is 0 Å². The summed E-state index contributed by atoms with van der Waals surface area (Å²) in [4.78, 5) is 4.34. The van der Waals surface area contributed by atoms with Crippen LogP contribution in [0.25, 0.3) is 11.5 Å². The molecule has 1 fully saturated rings. The molecule has 0 saturated heterocycles. The van der Waals surface area contributed by atoms with Crippen LogP contribution in [-0.4, -0.2) is 4.98 Å². The zero-order valence-electron chi connectivity index (χ0n) is 12.2. The summed E-state index contributed by atoms with van der Waals surface area (Å²) in [5.74, 6) is 2.33. The van der Waals surface area contributed by atoms with Crippen LogP contribution in [0.15, 0.2) is 34.9 Å². The van der Waals surface area contributed by atoms with Gasteiger partial charge in [0.25, 0.3) is 0 Å². The van der Waals surface area contributed by atoms with E-state index in [1.165, 1.54) is 32.1 Å². The van der Waals surface area contributed by atoms with Crippen LogP contribution in [0.4, 0.5) is 0 Å². The Labute approximate surface area is 137 Å². The summed E-state index contributed by atoms with van der Waals surface area (Å²) >= 11 is 6.71. The van der Waals surface area contributed by atoms with Crippen molar-refractivity contribution in [2.75, 3.05) is 0 Å². The van der Waals surface area contributed by atoms with E-state index in [0.29, 0.717) is 5.92 Å². The van der Waals surface area contributed by atoms with Crippen molar-refractivity contribution in [3.63, 3.8) is 0 Å². The average molecular weight is 326 g/mol. The van der Waals surface area contributed by atoms with E-state index in [9.17, 15) is 0 Å². The van der Waals surface area contributed by atoms with Crippen LogP contribution in [0, 0.1) is 12.8 Å². The van der Waals surface area contributed by atoms with E-state index in [1.807, 2.05) is 25.1 Å². The van der Waals surface area contributed by atoms with E-state index >= 15 is 0 Å². The fraction of sp³-hybridized carbons (Fsp3) is 0.471. The zero-order valence-corrected chi connectivity index (χ0v) is 13.8. The average Bonchev–Trinajstić information content (AvgIpc) is 2.90. The Bertz CT molecular complexity index is 561. The van der Waals surface area contributed by atoms with Gasteiger partial charge in [0, 0.05) is 11.8 Å². The highest BCUT2D eigenvalue weighted by molar-refractivity contribution is 6.21. The van der Waals surface area contributed by atoms with Gasteiger partial charge >= 0.3 is 0 Å². The molecule has 1 aliphatic rings. The molecule has 1 aliphatic carbocycles. The minimum Gasteiger partial charge on any atom is -0.459 e. The molecule has 4 heteroatoms. The van der Waals surface area contributed by atoms with E-state index in [1.54, 1.807) is 6.20 Å². The smallest absolute Gasteiger partial charge is 0.152 e. The molecule has 3 rings (SSSR count). The first-order chi connectivity index (χ1) is 9.75. The Morgan fingerprint density at radius 1 is 1.24 bits per heavy atom. The molecule has 2 nitrogen and oxygen atoms in total. The second kappa shape index (κ2) is 7.33. The first kappa shape index (κ1) is 16.4. The van der Waals surface area contributed by atoms with Gasteiger partial charge in [0.05, 0.1) is 5.38 Å². The minimum absolute atomic E-state index is 0. The molecule has 2 aromatic heterocycles. The molecule has 1 unspecified atom stereocenters. The van der Waals surface area contributed by atoms with E-state index in [0.717, 1.165) is 22.8 Å². The van der Waals surface area contributed by atoms with E-state index < -0.39 is 0 Å². The fourth-order valence-electron chi connectivity index (χ4n) is 3.09. The monoisotopic (exact) mass is 325 g/mol. The number of aromatic nitrogens is 1. The maximum Gasteiger partial charge on any atom is 0.152 e. The topological polar surface area (TPSA) is 26.0 Å². The fourth-order valence-corrected chi connectivity index (χ4v) is 3.55. The van der Waals surface area contributed by atoms with Gasteiger partial charge in [0.1, 0.15) is 11.5 Å². The summed E-state index contributed by atoms with van der Waals surface area (Å²) in [5, 5.41) is 0.0662. The number of rotatable bonds is 3. The van der Waals surface area contributed by atoms with Gasteiger partial charge in [0.2, 0.25) is 0 Å². The second-order valence-corrected chi connectivity index (χ2v) is 6.11. The number of hydrogen-bond acceptors (Lipinski definition) is 2. The number of furan rings is 1. The van der Waals surface area contributed by atoms with Crippen molar-refractivity contribution < 1.29 is 4.42 Å². The lowest BCUT2D eigenvalue weighted by Crippen LogP contribution is -2.12. The van der Waals surface area contributed by atoms with Crippen LogP contribution < -0.4 is 0 Å². The highest BCUT2D eigenvalue weighted by atomic mass is 35.5. The molecule has 21 heavy (non-hydrogen) atoms. The number of nitrogens with zero attached hydrogens (tertiary/aromatic N) is 1. The Kier molecular flexibility index (Phi) is 5.72. The molecule has 0 amide bonds. The Balaban J connectivity index is 0.00000161. The lowest BCUT2D eigenvalue weighted by atomic mass is 9.84. The first-order valence-electron chi connectivity index (χ1n) is 7.41. The number of hydrogen-bond donors (Lipinski definition) is 0. The molecule has 0 spiro atoms. The number of pyridine rings is 1. The Morgan fingerprint density at radius 2 is 2.00 bits per heavy atom. The van der Waals surface area contributed by atoms with Crippen molar-refractivity contribution in [2.24, 2.45) is 5.92 Å². The van der Waals surface area contributed by atoms with Crippen LogP contribution in [-0.2, 0) is 0 Å². The Morgan fingerprint density at radius 3 is 2.67 bits per heavy atom. The molecular formula is C17H21Cl2NO. The minimum atomic E-state index is 0. The molecule has 0 aromatic carbocycles. The molecule has 0 radical (unpaired) electrons. The SMILES string of the molecule is Cc1oc(-c2ccccn2)cc1C(Cl)C1CCCCC1.Cl. The lowest BCUT2D eigenvalue weighted by Gasteiger charge is -2.25. The van der Waals surface area contributed by atoms with Crippen LogP contribution in [0.3, 0.4) is 0 Å². The normalized spacial score (nSPS) is 17.2. The third-order valence-electron chi connectivity index (χ3n) is 4.23. The molecule has 2 heterocycles. The van der Waals surface area contributed by atoms with Crippen molar-refractivity contribution in [3.8, 4) is 11.5 Å². The van der Waals surface area contributed by atoms with Gasteiger partial charge in [-0.25, -0.2) is 0 Å². The van der Waals surface area contributed by atoms with Gasteiger partial charge in [-0.15, -0.1) is 24.0 Å². The van der Waals surface area contributed by atoms with Gasteiger partial charge in [-0.3, -0.25) is 4.98 Å². The van der Waals surface area contributed by atoms with Crippen molar-refractivity contribution in [2.45, 2.75) is 44.4 Å². The molecule has 1 saturated carbocycles. The van der Waals surface area contributed by atoms with Crippen molar-refractivity contribution in [1.29, 1.82) is 0 Å². The summed E-state index contributed by atoms with van der Waals surface area (Å²) in [6.07, 6.45) is 8.21. The third-order valence-corrected chi connectivity index (χ3v) is 4.83. The van der Waals surface area contributed by atoms with Gasteiger partial charge < -0.3 is 4.42 Å². The van der Waals surface area contributed by atoms with Crippen LogP contribution >= 0.6 is 24.0 Å². The zero-order chi connectivity index (χ0) is 13.9. The van der Waals surface area contributed by atoms with Crippen molar-refractivity contribution in [3.05, 3.63) is 41.8 Å². The number of aryl methyl sites for hydroxylation is 1. The van der Waals surface area contributed by atoms with Crippen molar-refractivity contribution in [1.82, 2.24) is 4.98 Å². The quantitative estimate of drug-likeness (QED) is 0.653. The number of alkyl halides is 1. The van der Waals surface area contributed by atoms with Crippen LogP contribution in [0.1, 0.15) is 48.8 Å². The molecule has 1 atom stereocenters.